The molecule has 0 radical (unpaired) electrons. The van der Waals surface area contributed by atoms with Gasteiger partial charge in [-0.25, -0.2) is 0 Å². The first-order valence-electron chi connectivity index (χ1n) is 10.4. The van der Waals surface area contributed by atoms with Crippen molar-refractivity contribution in [1.29, 1.82) is 0 Å². The van der Waals surface area contributed by atoms with Crippen molar-refractivity contribution in [3.8, 4) is 17.0 Å². The predicted octanol–water partition coefficient (Wildman–Crippen LogP) is 4.27. The van der Waals surface area contributed by atoms with Crippen molar-refractivity contribution in [2.75, 3.05) is 37.7 Å². The lowest BCUT2D eigenvalue weighted by molar-refractivity contribution is -0.142. The molecule has 0 saturated carbocycles. The minimum atomic E-state index is -0.601. The van der Waals surface area contributed by atoms with Crippen molar-refractivity contribution < 1.29 is 18.8 Å². The van der Waals surface area contributed by atoms with Crippen molar-refractivity contribution in [3.63, 3.8) is 0 Å². The summed E-state index contributed by atoms with van der Waals surface area (Å²) < 4.78 is 17.0. The number of carbonyl (C=O) groups excluding carboxylic acids is 1. The third-order valence-corrected chi connectivity index (χ3v) is 6.12. The molecule has 1 amide bonds. The number of rotatable bonds is 4. The highest BCUT2D eigenvalue weighted by Gasteiger charge is 2.34. The number of fused-ring (bicyclic) bond motifs is 1. The van der Waals surface area contributed by atoms with Gasteiger partial charge in [0.25, 0.3) is 5.91 Å². The van der Waals surface area contributed by atoms with Gasteiger partial charge in [-0.3, -0.25) is 4.79 Å². The predicted molar refractivity (Wildman–Crippen MR) is 121 cm³/mol. The Labute approximate surface area is 195 Å². The minimum Gasteiger partial charge on any atom is -0.477 e. The van der Waals surface area contributed by atoms with E-state index in [-0.39, 0.29) is 5.91 Å². The highest BCUT2D eigenvalue weighted by molar-refractivity contribution is 6.36. The van der Waals surface area contributed by atoms with Gasteiger partial charge in [-0.05, 0) is 30.3 Å². The molecular formula is C23H21Cl2N3O4. The van der Waals surface area contributed by atoms with Gasteiger partial charge in [-0.1, -0.05) is 40.5 Å². The first kappa shape index (κ1) is 21.1. The fourth-order valence-electron chi connectivity index (χ4n) is 3.97. The largest absolute Gasteiger partial charge is 0.477 e. The average Bonchev–Trinajstić information content (AvgIpc) is 3.27. The Hall–Kier alpha value is -2.74. The maximum atomic E-state index is 13.1. The van der Waals surface area contributed by atoms with Crippen LogP contribution in [0.1, 0.15) is 5.76 Å². The topological polar surface area (TPSA) is 68.0 Å². The smallest absolute Gasteiger partial charge is 0.265 e. The van der Waals surface area contributed by atoms with E-state index in [1.54, 1.807) is 17.0 Å². The summed E-state index contributed by atoms with van der Waals surface area (Å²) in [5.41, 5.74) is 2.28. The molecule has 1 aromatic heterocycles. The van der Waals surface area contributed by atoms with Crippen molar-refractivity contribution >= 4 is 34.8 Å². The van der Waals surface area contributed by atoms with E-state index in [4.69, 9.17) is 37.2 Å². The van der Waals surface area contributed by atoms with E-state index in [1.807, 2.05) is 36.4 Å². The molecule has 3 heterocycles. The number of anilines is 1. The highest BCUT2D eigenvalue weighted by atomic mass is 35.5. The molecule has 1 saturated heterocycles. The summed E-state index contributed by atoms with van der Waals surface area (Å²) in [6.07, 6.45) is -0.601. The number of benzene rings is 2. The summed E-state index contributed by atoms with van der Waals surface area (Å²) >= 11 is 12.3. The molecule has 7 nitrogen and oxygen atoms in total. The van der Waals surface area contributed by atoms with Crippen LogP contribution in [0.3, 0.4) is 0 Å². The molecule has 0 aliphatic carbocycles. The normalized spacial score (nSPS) is 18.2. The summed E-state index contributed by atoms with van der Waals surface area (Å²) in [4.78, 5) is 17.0. The second kappa shape index (κ2) is 9.02. The van der Waals surface area contributed by atoms with Crippen LogP contribution in [0, 0.1) is 0 Å². The fraction of sp³-hybridized carbons (Fsp3) is 0.304. The molecule has 2 aliphatic rings. The van der Waals surface area contributed by atoms with Crippen LogP contribution in [0.5, 0.6) is 5.75 Å². The van der Waals surface area contributed by atoms with Crippen LogP contribution in [0.15, 0.2) is 53.1 Å². The van der Waals surface area contributed by atoms with Crippen LogP contribution >= 0.6 is 23.2 Å². The molecule has 0 bridgehead atoms. The Morgan fingerprint density at radius 3 is 2.72 bits per heavy atom. The lowest BCUT2D eigenvalue weighted by atomic mass is 10.1. The van der Waals surface area contributed by atoms with E-state index < -0.39 is 6.10 Å². The van der Waals surface area contributed by atoms with E-state index in [9.17, 15) is 4.79 Å². The third kappa shape index (κ3) is 4.28. The molecule has 3 aromatic rings. The van der Waals surface area contributed by atoms with Gasteiger partial charge in [0.05, 0.1) is 37.0 Å². The monoisotopic (exact) mass is 473 g/mol. The number of carbonyl (C=O) groups is 1. The van der Waals surface area contributed by atoms with E-state index in [1.165, 1.54) is 0 Å². The van der Waals surface area contributed by atoms with Gasteiger partial charge in [0, 0.05) is 29.7 Å². The number of ether oxygens (including phenoxy) is 2. The first-order valence-corrected chi connectivity index (χ1v) is 11.1. The summed E-state index contributed by atoms with van der Waals surface area (Å²) in [6, 6.07) is 14.8. The number of halogens is 2. The van der Waals surface area contributed by atoms with E-state index >= 15 is 0 Å². The van der Waals surface area contributed by atoms with Crippen molar-refractivity contribution in [1.82, 2.24) is 10.1 Å². The molecule has 32 heavy (non-hydrogen) atoms. The lowest BCUT2D eigenvalue weighted by Crippen LogP contribution is -2.52. The molecule has 1 atom stereocenters. The van der Waals surface area contributed by atoms with Crippen LogP contribution in [-0.4, -0.2) is 54.9 Å². The van der Waals surface area contributed by atoms with Crippen LogP contribution in [0.4, 0.5) is 5.69 Å². The van der Waals surface area contributed by atoms with E-state index in [2.05, 4.69) is 10.1 Å². The second-order valence-electron chi connectivity index (χ2n) is 7.70. The third-order valence-electron chi connectivity index (χ3n) is 5.57. The zero-order valence-corrected chi connectivity index (χ0v) is 18.7. The maximum absolute atomic E-state index is 13.1. The zero-order chi connectivity index (χ0) is 22.1. The molecule has 1 fully saturated rings. The molecule has 2 aromatic carbocycles. The van der Waals surface area contributed by atoms with Crippen molar-refractivity contribution in [2.45, 2.75) is 12.6 Å². The van der Waals surface area contributed by atoms with Crippen molar-refractivity contribution in [3.05, 3.63) is 64.3 Å². The number of nitrogens with zero attached hydrogens (tertiary/aromatic N) is 3. The van der Waals surface area contributed by atoms with Gasteiger partial charge in [0.1, 0.15) is 11.4 Å². The highest BCUT2D eigenvalue weighted by Crippen LogP contribution is 2.35. The molecule has 9 heteroatoms. The SMILES string of the molecule is O=C(C1CN(Cc2cc(-c3ccc(Cl)cc3Cl)no2)c2ccccc2O1)N1CCOCC1. The molecule has 1 unspecified atom stereocenters. The van der Waals surface area contributed by atoms with E-state index in [0.717, 1.165) is 11.3 Å². The molecule has 2 aliphatic heterocycles. The van der Waals surface area contributed by atoms with Crippen LogP contribution in [0.2, 0.25) is 10.0 Å². The summed E-state index contributed by atoms with van der Waals surface area (Å²) in [7, 11) is 0. The molecular weight excluding hydrogens is 453 g/mol. The van der Waals surface area contributed by atoms with Crippen LogP contribution in [0.25, 0.3) is 11.3 Å². The Bertz CT molecular complexity index is 1130. The minimum absolute atomic E-state index is 0.0287. The van der Waals surface area contributed by atoms with Gasteiger partial charge >= 0.3 is 0 Å². The average molecular weight is 474 g/mol. The number of morpholine rings is 1. The summed E-state index contributed by atoms with van der Waals surface area (Å²) in [5.74, 6) is 1.30. The fourth-order valence-corrected chi connectivity index (χ4v) is 4.48. The van der Waals surface area contributed by atoms with Gasteiger partial charge < -0.3 is 23.8 Å². The van der Waals surface area contributed by atoms with Crippen molar-refractivity contribution in [2.24, 2.45) is 0 Å². The Kier molecular flexibility index (Phi) is 5.95. The quantitative estimate of drug-likeness (QED) is 0.563. The first-order chi connectivity index (χ1) is 15.6. The van der Waals surface area contributed by atoms with Gasteiger partial charge in [-0.2, -0.15) is 0 Å². The molecule has 0 spiro atoms. The Morgan fingerprint density at radius 1 is 1.09 bits per heavy atom. The molecule has 0 N–H and O–H groups in total. The van der Waals surface area contributed by atoms with Gasteiger partial charge in [-0.15, -0.1) is 0 Å². The summed E-state index contributed by atoms with van der Waals surface area (Å²) in [5, 5.41) is 5.24. The number of aromatic nitrogens is 1. The Balaban J connectivity index is 1.37. The number of para-hydroxylation sites is 2. The molecule has 166 valence electrons. The van der Waals surface area contributed by atoms with Crippen LogP contribution < -0.4 is 9.64 Å². The zero-order valence-electron chi connectivity index (χ0n) is 17.2. The Morgan fingerprint density at radius 2 is 1.91 bits per heavy atom. The van der Waals surface area contributed by atoms with Crippen LogP contribution in [-0.2, 0) is 16.1 Å². The summed E-state index contributed by atoms with van der Waals surface area (Å²) in [6.45, 7) is 3.09. The molecule has 5 rings (SSSR count). The number of hydrogen-bond acceptors (Lipinski definition) is 6. The van der Waals surface area contributed by atoms with Gasteiger partial charge in [0.2, 0.25) is 0 Å². The number of amides is 1. The van der Waals surface area contributed by atoms with E-state index in [0.29, 0.717) is 66.6 Å². The number of hydrogen-bond donors (Lipinski definition) is 0. The second-order valence-corrected chi connectivity index (χ2v) is 8.54. The standard InChI is InChI=1S/C23H21Cl2N3O4/c24-15-5-6-17(18(25)11-15)19-12-16(32-26-19)13-28-14-22(23(29)27-7-9-30-10-8-27)31-21-4-2-1-3-20(21)28/h1-6,11-12,22H,7-10,13-14H2. The maximum Gasteiger partial charge on any atom is 0.265 e. The lowest BCUT2D eigenvalue weighted by Gasteiger charge is -2.37. The van der Waals surface area contributed by atoms with Gasteiger partial charge in [0.15, 0.2) is 11.9 Å².